The van der Waals surface area contributed by atoms with Gasteiger partial charge in [-0.15, -0.1) is 0 Å². The second-order valence-electron chi connectivity index (χ2n) is 4.97. The topological polar surface area (TPSA) is 71.5 Å². The Balaban J connectivity index is 1.78. The standard InChI is InChI=1S/C17H13N3O3S2/c1-23-13-4-2-3-11(9-13)10-14-16(22)20(17(24)25-14)19-15(21)12-5-7-18-8-6-12/h2-10H,1H3,(H,19,21). The Hall–Kier alpha value is -2.71. The molecule has 2 heterocycles. The van der Waals surface area contributed by atoms with Crippen LogP contribution in [0, 0.1) is 0 Å². The van der Waals surface area contributed by atoms with Gasteiger partial charge in [0.2, 0.25) is 0 Å². The minimum atomic E-state index is -0.429. The van der Waals surface area contributed by atoms with Gasteiger partial charge in [0, 0.05) is 18.0 Å². The van der Waals surface area contributed by atoms with Gasteiger partial charge >= 0.3 is 0 Å². The Labute approximate surface area is 153 Å². The Bertz CT molecular complexity index is 868. The number of aromatic nitrogens is 1. The summed E-state index contributed by atoms with van der Waals surface area (Å²) in [6.07, 6.45) is 4.71. The predicted octanol–water partition coefficient (Wildman–Crippen LogP) is 2.64. The first-order chi connectivity index (χ1) is 12.1. The van der Waals surface area contributed by atoms with Crippen LogP contribution in [0.5, 0.6) is 5.75 Å². The number of rotatable bonds is 4. The molecular formula is C17H13N3O3S2. The third kappa shape index (κ3) is 3.86. The van der Waals surface area contributed by atoms with Crippen molar-refractivity contribution in [3.63, 3.8) is 0 Å². The molecular weight excluding hydrogens is 358 g/mol. The number of methoxy groups -OCH3 is 1. The molecule has 1 aromatic carbocycles. The number of hydrogen-bond acceptors (Lipinski definition) is 6. The van der Waals surface area contributed by atoms with Crippen molar-refractivity contribution >= 4 is 46.2 Å². The zero-order valence-electron chi connectivity index (χ0n) is 13.1. The van der Waals surface area contributed by atoms with Crippen LogP contribution in [0.2, 0.25) is 0 Å². The summed E-state index contributed by atoms with van der Waals surface area (Å²) in [6, 6.07) is 10.4. The van der Waals surface area contributed by atoms with Crippen LogP contribution in [0.4, 0.5) is 0 Å². The Morgan fingerprint density at radius 2 is 2.08 bits per heavy atom. The van der Waals surface area contributed by atoms with Crippen LogP contribution in [0.15, 0.2) is 53.7 Å². The fraction of sp³-hybridized carbons (Fsp3) is 0.0588. The lowest BCUT2D eigenvalue weighted by molar-refractivity contribution is -0.123. The lowest BCUT2D eigenvalue weighted by Gasteiger charge is -2.15. The summed E-state index contributed by atoms with van der Waals surface area (Å²) < 4.78 is 5.44. The smallest absolute Gasteiger partial charge is 0.285 e. The van der Waals surface area contributed by atoms with Gasteiger partial charge in [0.05, 0.1) is 12.0 Å². The van der Waals surface area contributed by atoms with Crippen molar-refractivity contribution in [3.05, 3.63) is 64.8 Å². The number of thiocarbonyl (C=S) groups is 1. The highest BCUT2D eigenvalue weighted by atomic mass is 32.2. The van der Waals surface area contributed by atoms with Crippen LogP contribution >= 0.6 is 24.0 Å². The molecule has 6 nitrogen and oxygen atoms in total. The first-order valence-electron chi connectivity index (χ1n) is 7.21. The van der Waals surface area contributed by atoms with Crippen molar-refractivity contribution in [2.24, 2.45) is 0 Å². The Morgan fingerprint density at radius 1 is 1.32 bits per heavy atom. The maximum absolute atomic E-state index is 12.5. The number of thioether (sulfide) groups is 1. The highest BCUT2D eigenvalue weighted by Gasteiger charge is 2.33. The SMILES string of the molecule is COc1cccc(C=C2SC(=S)N(NC(=O)c3ccncc3)C2=O)c1. The average Bonchev–Trinajstić information content (AvgIpc) is 2.90. The van der Waals surface area contributed by atoms with Crippen molar-refractivity contribution in [2.75, 3.05) is 7.11 Å². The number of pyridine rings is 1. The molecule has 1 aliphatic rings. The van der Waals surface area contributed by atoms with E-state index in [2.05, 4.69) is 10.4 Å². The maximum atomic E-state index is 12.5. The van der Waals surface area contributed by atoms with Crippen LogP contribution in [-0.4, -0.2) is 33.2 Å². The van der Waals surface area contributed by atoms with Crippen molar-refractivity contribution in [2.45, 2.75) is 0 Å². The van der Waals surface area contributed by atoms with Gasteiger partial charge in [0.1, 0.15) is 5.75 Å². The molecule has 1 saturated heterocycles. The van der Waals surface area contributed by atoms with Gasteiger partial charge in [-0.2, -0.15) is 5.01 Å². The molecule has 8 heteroatoms. The zero-order chi connectivity index (χ0) is 17.8. The summed E-state index contributed by atoms with van der Waals surface area (Å²) >= 11 is 6.33. The van der Waals surface area contributed by atoms with Crippen LogP contribution in [0.25, 0.3) is 6.08 Å². The van der Waals surface area contributed by atoms with E-state index in [9.17, 15) is 9.59 Å². The number of carbonyl (C=O) groups excluding carboxylic acids is 2. The van der Waals surface area contributed by atoms with E-state index < -0.39 is 5.91 Å². The molecule has 0 aliphatic carbocycles. The number of hydrazine groups is 1. The summed E-state index contributed by atoms with van der Waals surface area (Å²) in [7, 11) is 1.58. The number of ether oxygens (including phenoxy) is 1. The summed E-state index contributed by atoms with van der Waals surface area (Å²) in [5, 5.41) is 1.08. The fourth-order valence-corrected chi connectivity index (χ4v) is 3.30. The summed E-state index contributed by atoms with van der Waals surface area (Å²) in [5.74, 6) is -0.114. The molecule has 2 aromatic rings. The van der Waals surface area contributed by atoms with Gasteiger partial charge in [0.15, 0.2) is 4.32 Å². The molecule has 0 spiro atoms. The lowest BCUT2D eigenvalue weighted by Crippen LogP contribution is -2.44. The van der Waals surface area contributed by atoms with E-state index in [1.54, 1.807) is 25.3 Å². The largest absolute Gasteiger partial charge is 0.497 e. The lowest BCUT2D eigenvalue weighted by atomic mass is 10.2. The van der Waals surface area contributed by atoms with Crippen LogP contribution in [0.3, 0.4) is 0 Å². The number of carbonyl (C=O) groups is 2. The van der Waals surface area contributed by atoms with Crippen LogP contribution in [0.1, 0.15) is 15.9 Å². The zero-order valence-corrected chi connectivity index (χ0v) is 14.8. The molecule has 25 heavy (non-hydrogen) atoms. The molecule has 0 bridgehead atoms. The Kier molecular flexibility index (Phi) is 5.11. The Morgan fingerprint density at radius 3 is 2.80 bits per heavy atom. The van der Waals surface area contributed by atoms with Gasteiger partial charge in [-0.25, -0.2) is 0 Å². The van der Waals surface area contributed by atoms with Crippen LogP contribution < -0.4 is 10.2 Å². The fourth-order valence-electron chi connectivity index (χ4n) is 2.12. The van der Waals surface area contributed by atoms with E-state index in [0.717, 1.165) is 22.3 Å². The van der Waals surface area contributed by atoms with E-state index in [0.29, 0.717) is 16.2 Å². The summed E-state index contributed by atoms with van der Waals surface area (Å²) in [5.41, 5.74) is 3.72. The first kappa shape index (κ1) is 17.1. The normalized spacial score (nSPS) is 15.6. The minimum Gasteiger partial charge on any atom is -0.497 e. The molecule has 126 valence electrons. The third-order valence-corrected chi connectivity index (χ3v) is 4.64. The number of amides is 2. The second kappa shape index (κ2) is 7.45. The van der Waals surface area contributed by atoms with Gasteiger partial charge < -0.3 is 4.74 Å². The van der Waals surface area contributed by atoms with Gasteiger partial charge in [-0.1, -0.05) is 23.9 Å². The third-order valence-electron chi connectivity index (χ3n) is 3.34. The highest BCUT2D eigenvalue weighted by Crippen LogP contribution is 2.31. The number of benzene rings is 1. The number of nitrogens with zero attached hydrogens (tertiary/aromatic N) is 2. The molecule has 1 aliphatic heterocycles. The van der Waals surface area contributed by atoms with E-state index in [-0.39, 0.29) is 10.2 Å². The van der Waals surface area contributed by atoms with E-state index in [1.807, 2.05) is 24.3 Å². The molecule has 0 unspecified atom stereocenters. The number of hydrogen-bond donors (Lipinski definition) is 1. The second-order valence-corrected chi connectivity index (χ2v) is 6.65. The monoisotopic (exact) mass is 371 g/mol. The van der Waals surface area contributed by atoms with Gasteiger partial charge in [-0.3, -0.25) is 20.0 Å². The molecule has 0 radical (unpaired) electrons. The maximum Gasteiger partial charge on any atom is 0.285 e. The molecule has 1 aromatic heterocycles. The van der Waals surface area contributed by atoms with Crippen molar-refractivity contribution in [3.8, 4) is 5.75 Å². The van der Waals surface area contributed by atoms with Crippen LogP contribution in [-0.2, 0) is 4.79 Å². The molecule has 0 atom stereocenters. The van der Waals surface area contributed by atoms with E-state index in [1.165, 1.54) is 12.4 Å². The molecule has 0 saturated carbocycles. The summed E-state index contributed by atoms with van der Waals surface area (Å²) in [6.45, 7) is 0. The van der Waals surface area contributed by atoms with Crippen molar-refractivity contribution < 1.29 is 14.3 Å². The van der Waals surface area contributed by atoms with Gasteiger partial charge in [0.25, 0.3) is 11.8 Å². The quantitative estimate of drug-likeness (QED) is 0.658. The first-order valence-corrected chi connectivity index (χ1v) is 8.44. The minimum absolute atomic E-state index is 0.265. The highest BCUT2D eigenvalue weighted by molar-refractivity contribution is 8.26. The summed E-state index contributed by atoms with van der Waals surface area (Å²) in [4.78, 5) is 29.0. The van der Waals surface area contributed by atoms with Crippen molar-refractivity contribution in [1.29, 1.82) is 0 Å². The van der Waals surface area contributed by atoms with E-state index in [4.69, 9.17) is 17.0 Å². The molecule has 2 amide bonds. The average molecular weight is 371 g/mol. The van der Waals surface area contributed by atoms with Gasteiger partial charge in [-0.05, 0) is 48.1 Å². The molecule has 1 N–H and O–H groups in total. The van der Waals surface area contributed by atoms with E-state index >= 15 is 0 Å². The molecule has 1 fully saturated rings. The number of nitrogens with one attached hydrogen (secondary N) is 1. The van der Waals surface area contributed by atoms with Crippen molar-refractivity contribution in [1.82, 2.24) is 15.4 Å². The predicted molar refractivity (Wildman–Crippen MR) is 99.7 cm³/mol. The molecule has 3 rings (SSSR count).